The molecule has 0 radical (unpaired) electrons. The zero-order chi connectivity index (χ0) is 11.9. The van der Waals surface area contributed by atoms with E-state index in [0.29, 0.717) is 12.2 Å². The molecular formula is C11H17N3O2. The molecule has 0 aliphatic carbocycles. The summed E-state index contributed by atoms with van der Waals surface area (Å²) in [5.74, 6) is -0.340. The highest BCUT2D eigenvalue weighted by Crippen LogP contribution is 2.21. The number of hydrogen-bond acceptors (Lipinski definition) is 4. The van der Waals surface area contributed by atoms with Crippen LogP contribution >= 0.6 is 0 Å². The number of aromatic nitrogens is 2. The van der Waals surface area contributed by atoms with Crippen molar-refractivity contribution in [2.45, 2.75) is 39.5 Å². The predicted octanol–water partition coefficient (Wildman–Crippen LogP) is 0.979. The number of rotatable bonds is 1. The smallest absolute Gasteiger partial charge is 0.359 e. The van der Waals surface area contributed by atoms with Crippen LogP contribution in [0.15, 0.2) is 0 Å². The van der Waals surface area contributed by atoms with Gasteiger partial charge in [0.1, 0.15) is 5.60 Å². The van der Waals surface area contributed by atoms with Gasteiger partial charge in [0.25, 0.3) is 0 Å². The maximum atomic E-state index is 11.9. The Labute approximate surface area is 94.8 Å². The molecule has 0 unspecified atom stereocenters. The fourth-order valence-electron chi connectivity index (χ4n) is 1.81. The first-order valence-electron chi connectivity index (χ1n) is 5.37. The summed E-state index contributed by atoms with van der Waals surface area (Å²) in [6.45, 7) is 7.02. The standard InChI is InChI=1S/C11H17N3O2/c1-11(2,3)16-10(15)9-7-5-12-6-8(7)14(4)13-9/h12H,5-6H2,1-4H3. The number of nitrogens with zero attached hydrogens (tertiary/aromatic N) is 2. The molecule has 0 fully saturated rings. The van der Waals surface area contributed by atoms with Gasteiger partial charge in [-0.05, 0) is 20.8 Å². The lowest BCUT2D eigenvalue weighted by Crippen LogP contribution is -2.25. The topological polar surface area (TPSA) is 56.2 Å². The number of nitrogens with one attached hydrogen (secondary N) is 1. The largest absolute Gasteiger partial charge is 0.455 e. The highest BCUT2D eigenvalue weighted by molar-refractivity contribution is 5.89. The summed E-state index contributed by atoms with van der Waals surface area (Å²) in [6.07, 6.45) is 0. The van der Waals surface area contributed by atoms with E-state index in [1.807, 2.05) is 27.8 Å². The Morgan fingerprint density at radius 2 is 2.12 bits per heavy atom. The molecule has 0 bridgehead atoms. The maximum absolute atomic E-state index is 11.9. The van der Waals surface area contributed by atoms with Crippen LogP contribution in [0.5, 0.6) is 0 Å². The van der Waals surface area contributed by atoms with Crippen LogP contribution < -0.4 is 5.32 Å². The van der Waals surface area contributed by atoms with Gasteiger partial charge in [-0.3, -0.25) is 4.68 Å². The van der Waals surface area contributed by atoms with Crippen LogP contribution in [0.25, 0.3) is 0 Å². The van der Waals surface area contributed by atoms with E-state index in [9.17, 15) is 4.79 Å². The quantitative estimate of drug-likeness (QED) is 0.721. The molecule has 0 saturated heterocycles. The van der Waals surface area contributed by atoms with Crippen LogP contribution in [0.4, 0.5) is 0 Å². The SMILES string of the molecule is Cn1nc(C(=O)OC(C)(C)C)c2c1CNC2. The van der Waals surface area contributed by atoms with Crippen LogP contribution in [-0.4, -0.2) is 21.4 Å². The van der Waals surface area contributed by atoms with E-state index in [1.165, 1.54) is 0 Å². The zero-order valence-electron chi connectivity index (χ0n) is 10.1. The molecule has 88 valence electrons. The van der Waals surface area contributed by atoms with Crippen molar-refractivity contribution in [2.24, 2.45) is 7.05 Å². The summed E-state index contributed by atoms with van der Waals surface area (Å²) in [7, 11) is 1.85. The molecule has 1 N–H and O–H groups in total. The van der Waals surface area contributed by atoms with Crippen molar-refractivity contribution in [1.82, 2.24) is 15.1 Å². The molecule has 0 atom stereocenters. The normalized spacial score (nSPS) is 15.0. The van der Waals surface area contributed by atoms with Crippen molar-refractivity contribution in [1.29, 1.82) is 0 Å². The summed E-state index contributed by atoms with van der Waals surface area (Å²) in [6, 6.07) is 0. The van der Waals surface area contributed by atoms with Crippen molar-refractivity contribution >= 4 is 5.97 Å². The van der Waals surface area contributed by atoms with Crippen LogP contribution in [0, 0.1) is 0 Å². The first-order valence-corrected chi connectivity index (χ1v) is 5.37. The second-order valence-corrected chi connectivity index (χ2v) is 5.00. The van der Waals surface area contributed by atoms with Crippen molar-refractivity contribution in [3.63, 3.8) is 0 Å². The Bertz CT molecular complexity index is 429. The number of ether oxygens (including phenoxy) is 1. The van der Waals surface area contributed by atoms with Crippen molar-refractivity contribution < 1.29 is 9.53 Å². The van der Waals surface area contributed by atoms with Gasteiger partial charge in [0, 0.05) is 25.7 Å². The first-order chi connectivity index (χ1) is 7.38. The average Bonchev–Trinajstić information content (AvgIpc) is 2.66. The summed E-state index contributed by atoms with van der Waals surface area (Å²) < 4.78 is 7.06. The third-order valence-corrected chi connectivity index (χ3v) is 2.46. The minimum Gasteiger partial charge on any atom is -0.455 e. The van der Waals surface area contributed by atoms with Gasteiger partial charge in [-0.25, -0.2) is 4.79 Å². The Balaban J connectivity index is 2.28. The van der Waals surface area contributed by atoms with Crippen LogP contribution in [-0.2, 0) is 24.9 Å². The minimum atomic E-state index is -0.479. The van der Waals surface area contributed by atoms with Gasteiger partial charge in [0.2, 0.25) is 0 Å². The van der Waals surface area contributed by atoms with E-state index >= 15 is 0 Å². The molecule has 1 aromatic heterocycles. The monoisotopic (exact) mass is 223 g/mol. The number of carbonyl (C=O) groups excluding carboxylic acids is 1. The van der Waals surface area contributed by atoms with Crippen LogP contribution in [0.1, 0.15) is 42.5 Å². The predicted molar refractivity (Wildman–Crippen MR) is 58.9 cm³/mol. The fourth-order valence-corrected chi connectivity index (χ4v) is 1.81. The van der Waals surface area contributed by atoms with Gasteiger partial charge in [-0.15, -0.1) is 0 Å². The van der Waals surface area contributed by atoms with E-state index in [1.54, 1.807) is 4.68 Å². The van der Waals surface area contributed by atoms with Gasteiger partial charge < -0.3 is 10.1 Å². The van der Waals surface area contributed by atoms with Crippen LogP contribution in [0.3, 0.4) is 0 Å². The lowest BCUT2D eigenvalue weighted by Gasteiger charge is -2.18. The first kappa shape index (κ1) is 11.1. The van der Waals surface area contributed by atoms with Crippen molar-refractivity contribution in [2.75, 3.05) is 0 Å². The zero-order valence-corrected chi connectivity index (χ0v) is 10.1. The van der Waals surface area contributed by atoms with E-state index in [0.717, 1.165) is 17.8 Å². The molecule has 0 saturated carbocycles. The molecule has 1 aliphatic rings. The Morgan fingerprint density at radius 1 is 1.44 bits per heavy atom. The molecule has 0 aromatic carbocycles. The van der Waals surface area contributed by atoms with E-state index in [2.05, 4.69) is 10.4 Å². The van der Waals surface area contributed by atoms with E-state index < -0.39 is 5.60 Å². The second kappa shape index (κ2) is 3.59. The lowest BCUT2D eigenvalue weighted by molar-refractivity contribution is 0.00608. The number of aryl methyl sites for hydroxylation is 1. The number of hydrogen-bond donors (Lipinski definition) is 1. The highest BCUT2D eigenvalue weighted by Gasteiger charge is 2.28. The van der Waals surface area contributed by atoms with E-state index in [4.69, 9.17) is 4.74 Å². The summed E-state index contributed by atoms with van der Waals surface area (Å²) >= 11 is 0. The van der Waals surface area contributed by atoms with Gasteiger partial charge in [-0.2, -0.15) is 5.10 Å². The Kier molecular flexibility index (Phi) is 2.50. The van der Waals surface area contributed by atoms with Gasteiger partial charge in [0.05, 0.1) is 5.69 Å². The number of esters is 1. The van der Waals surface area contributed by atoms with Gasteiger partial charge in [0.15, 0.2) is 5.69 Å². The lowest BCUT2D eigenvalue weighted by atomic mass is 10.2. The molecule has 1 aromatic rings. The van der Waals surface area contributed by atoms with Crippen molar-refractivity contribution in [3.05, 3.63) is 17.0 Å². The molecule has 0 amide bonds. The average molecular weight is 223 g/mol. The number of fused-ring (bicyclic) bond motifs is 1. The highest BCUT2D eigenvalue weighted by atomic mass is 16.6. The summed E-state index contributed by atoms with van der Waals surface area (Å²) in [5.41, 5.74) is 2.00. The minimum absolute atomic E-state index is 0.340. The molecule has 2 rings (SSSR count). The Morgan fingerprint density at radius 3 is 2.75 bits per heavy atom. The van der Waals surface area contributed by atoms with Gasteiger partial charge >= 0.3 is 5.97 Å². The Hall–Kier alpha value is -1.36. The van der Waals surface area contributed by atoms with Gasteiger partial charge in [-0.1, -0.05) is 0 Å². The second-order valence-electron chi connectivity index (χ2n) is 5.00. The molecule has 2 heterocycles. The maximum Gasteiger partial charge on any atom is 0.359 e. The third-order valence-electron chi connectivity index (χ3n) is 2.46. The molecule has 1 aliphatic heterocycles. The molecule has 5 heteroatoms. The summed E-state index contributed by atoms with van der Waals surface area (Å²) in [4.78, 5) is 11.9. The van der Waals surface area contributed by atoms with Crippen LogP contribution in [0.2, 0.25) is 0 Å². The third kappa shape index (κ3) is 1.95. The fraction of sp³-hybridized carbons (Fsp3) is 0.636. The number of carbonyl (C=O) groups is 1. The molecular weight excluding hydrogens is 206 g/mol. The van der Waals surface area contributed by atoms with E-state index in [-0.39, 0.29) is 5.97 Å². The molecule has 5 nitrogen and oxygen atoms in total. The molecule has 16 heavy (non-hydrogen) atoms. The summed E-state index contributed by atoms with van der Waals surface area (Å²) in [5, 5.41) is 7.42. The van der Waals surface area contributed by atoms with Crippen molar-refractivity contribution in [3.8, 4) is 0 Å². The molecule has 0 spiro atoms.